The van der Waals surface area contributed by atoms with Crippen LogP contribution < -0.4 is 14.8 Å². The van der Waals surface area contributed by atoms with Crippen molar-refractivity contribution in [1.29, 1.82) is 0 Å². The second-order valence-corrected chi connectivity index (χ2v) is 7.80. The van der Waals surface area contributed by atoms with Gasteiger partial charge in [0, 0.05) is 24.3 Å². The van der Waals surface area contributed by atoms with Gasteiger partial charge in [-0.3, -0.25) is 4.79 Å². The Morgan fingerprint density at radius 2 is 1.64 bits per heavy atom. The first-order chi connectivity index (χ1) is 13.4. The number of benzene rings is 2. The lowest BCUT2D eigenvalue weighted by Crippen LogP contribution is -2.30. The molecule has 28 heavy (non-hydrogen) atoms. The van der Waals surface area contributed by atoms with E-state index in [9.17, 15) is 13.2 Å². The van der Waals surface area contributed by atoms with Gasteiger partial charge in [0.25, 0.3) is 5.91 Å². The van der Waals surface area contributed by atoms with E-state index in [1.165, 1.54) is 23.5 Å². The highest BCUT2D eigenvalue weighted by atomic mass is 32.2. The number of carbonyl (C=O) groups excluding carboxylic acids is 1. The summed E-state index contributed by atoms with van der Waals surface area (Å²) in [5.41, 5.74) is 0.900. The first-order valence-corrected chi connectivity index (χ1v) is 10.5. The van der Waals surface area contributed by atoms with E-state index in [0.29, 0.717) is 42.4 Å². The summed E-state index contributed by atoms with van der Waals surface area (Å²) in [6.07, 6.45) is 0. The Kier molecular flexibility index (Phi) is 7.42. The molecule has 2 aromatic rings. The summed E-state index contributed by atoms with van der Waals surface area (Å²) < 4.78 is 37.1. The molecule has 1 N–H and O–H groups in total. The maximum Gasteiger partial charge on any atom is 0.255 e. The van der Waals surface area contributed by atoms with Crippen molar-refractivity contribution < 1.29 is 22.7 Å². The monoisotopic (exact) mass is 406 g/mol. The van der Waals surface area contributed by atoms with Gasteiger partial charge in [-0.25, -0.2) is 8.42 Å². The molecule has 0 aliphatic carbocycles. The molecule has 0 fully saturated rings. The fraction of sp³-hybridized carbons (Fsp3) is 0.350. The second-order valence-electron chi connectivity index (χ2n) is 5.87. The maximum absolute atomic E-state index is 12.5. The van der Waals surface area contributed by atoms with Crippen molar-refractivity contribution in [2.75, 3.05) is 32.1 Å². The van der Waals surface area contributed by atoms with Gasteiger partial charge < -0.3 is 14.8 Å². The quantitative estimate of drug-likeness (QED) is 0.690. The van der Waals surface area contributed by atoms with E-state index in [4.69, 9.17) is 9.47 Å². The van der Waals surface area contributed by atoms with Gasteiger partial charge in [-0.2, -0.15) is 4.31 Å². The number of rotatable bonds is 9. The lowest BCUT2D eigenvalue weighted by atomic mass is 10.2. The number of hydrogen-bond donors (Lipinski definition) is 1. The predicted octanol–water partition coefficient (Wildman–Crippen LogP) is 3.38. The van der Waals surface area contributed by atoms with Crippen LogP contribution >= 0.6 is 0 Å². The molecule has 0 bridgehead atoms. The SMILES string of the molecule is CCOc1ccc(C(=O)Nc2ccc(S(=O)(=O)N(CC)CC)cc2)cc1OC. The highest BCUT2D eigenvalue weighted by molar-refractivity contribution is 7.89. The Morgan fingerprint density at radius 3 is 2.18 bits per heavy atom. The van der Waals surface area contributed by atoms with Crippen molar-refractivity contribution in [3.63, 3.8) is 0 Å². The van der Waals surface area contributed by atoms with Gasteiger partial charge >= 0.3 is 0 Å². The minimum atomic E-state index is -3.53. The van der Waals surface area contributed by atoms with Crippen LogP contribution in [0.15, 0.2) is 47.4 Å². The van der Waals surface area contributed by atoms with E-state index in [-0.39, 0.29) is 10.8 Å². The Bertz CT molecular complexity index is 907. The van der Waals surface area contributed by atoms with E-state index < -0.39 is 10.0 Å². The van der Waals surface area contributed by atoms with Crippen molar-refractivity contribution in [3.05, 3.63) is 48.0 Å². The van der Waals surface area contributed by atoms with Crippen molar-refractivity contribution in [2.45, 2.75) is 25.7 Å². The summed E-state index contributed by atoms with van der Waals surface area (Å²) in [6.45, 7) is 6.74. The molecule has 0 radical (unpaired) electrons. The van der Waals surface area contributed by atoms with Crippen molar-refractivity contribution in [1.82, 2.24) is 4.31 Å². The highest BCUT2D eigenvalue weighted by Crippen LogP contribution is 2.28. The zero-order valence-electron chi connectivity index (χ0n) is 16.6. The van der Waals surface area contributed by atoms with Crippen molar-refractivity contribution >= 4 is 21.6 Å². The van der Waals surface area contributed by atoms with Gasteiger partial charge in [0.15, 0.2) is 11.5 Å². The fourth-order valence-electron chi connectivity index (χ4n) is 2.71. The average Bonchev–Trinajstić information content (AvgIpc) is 2.69. The van der Waals surface area contributed by atoms with Crippen molar-refractivity contribution in [2.24, 2.45) is 0 Å². The number of anilines is 1. The molecular weight excluding hydrogens is 380 g/mol. The first kappa shape index (κ1) is 21.7. The molecule has 1 amide bonds. The van der Waals surface area contributed by atoms with Gasteiger partial charge in [0.05, 0.1) is 18.6 Å². The van der Waals surface area contributed by atoms with Crippen LogP contribution in [0, 0.1) is 0 Å². The van der Waals surface area contributed by atoms with Gasteiger partial charge in [-0.1, -0.05) is 13.8 Å². The second kappa shape index (κ2) is 9.57. The fourth-order valence-corrected chi connectivity index (χ4v) is 4.17. The number of amides is 1. The molecule has 152 valence electrons. The molecule has 7 nitrogen and oxygen atoms in total. The molecule has 0 saturated heterocycles. The molecule has 0 heterocycles. The van der Waals surface area contributed by atoms with Crippen LogP contribution in [0.3, 0.4) is 0 Å². The highest BCUT2D eigenvalue weighted by Gasteiger charge is 2.21. The minimum absolute atomic E-state index is 0.192. The van der Waals surface area contributed by atoms with Gasteiger partial charge in [0.2, 0.25) is 10.0 Å². The van der Waals surface area contributed by atoms with Crippen molar-refractivity contribution in [3.8, 4) is 11.5 Å². The van der Waals surface area contributed by atoms with Crippen LogP contribution in [0.4, 0.5) is 5.69 Å². The zero-order chi connectivity index (χ0) is 20.7. The molecule has 0 aromatic heterocycles. The lowest BCUT2D eigenvalue weighted by molar-refractivity contribution is 0.102. The molecule has 0 spiro atoms. The van der Waals surface area contributed by atoms with E-state index in [1.807, 2.05) is 6.92 Å². The topological polar surface area (TPSA) is 84.9 Å². The van der Waals surface area contributed by atoms with E-state index in [0.717, 1.165) is 0 Å². The third-order valence-electron chi connectivity index (χ3n) is 4.18. The lowest BCUT2D eigenvalue weighted by Gasteiger charge is -2.18. The summed E-state index contributed by atoms with van der Waals surface area (Å²) in [5.74, 6) is 0.698. The molecule has 0 aliphatic rings. The average molecular weight is 407 g/mol. The first-order valence-electron chi connectivity index (χ1n) is 9.09. The van der Waals surface area contributed by atoms with Crippen LogP contribution in [0.5, 0.6) is 11.5 Å². The van der Waals surface area contributed by atoms with E-state index in [1.54, 1.807) is 44.2 Å². The molecule has 0 unspecified atom stereocenters. The Hall–Kier alpha value is -2.58. The summed E-state index contributed by atoms with van der Waals surface area (Å²) >= 11 is 0. The Morgan fingerprint density at radius 1 is 1.00 bits per heavy atom. The largest absolute Gasteiger partial charge is 0.493 e. The summed E-state index contributed by atoms with van der Waals surface area (Å²) in [6, 6.07) is 11.0. The molecule has 0 aliphatic heterocycles. The zero-order valence-corrected chi connectivity index (χ0v) is 17.4. The maximum atomic E-state index is 12.5. The predicted molar refractivity (Wildman–Crippen MR) is 109 cm³/mol. The van der Waals surface area contributed by atoms with Crippen LogP contribution in [0.1, 0.15) is 31.1 Å². The van der Waals surface area contributed by atoms with Gasteiger partial charge in [-0.15, -0.1) is 0 Å². The molecular formula is C20H26N2O5S. The smallest absolute Gasteiger partial charge is 0.255 e. The number of nitrogens with zero attached hydrogens (tertiary/aromatic N) is 1. The molecule has 0 saturated carbocycles. The summed E-state index contributed by atoms with van der Waals surface area (Å²) in [5, 5.41) is 2.75. The minimum Gasteiger partial charge on any atom is -0.493 e. The van der Waals surface area contributed by atoms with Crippen LogP contribution in [0.2, 0.25) is 0 Å². The van der Waals surface area contributed by atoms with E-state index >= 15 is 0 Å². The molecule has 8 heteroatoms. The van der Waals surface area contributed by atoms with Crippen LogP contribution in [0.25, 0.3) is 0 Å². The normalized spacial score (nSPS) is 11.3. The van der Waals surface area contributed by atoms with Crippen LogP contribution in [-0.2, 0) is 10.0 Å². The summed E-state index contributed by atoms with van der Waals surface area (Å²) in [7, 11) is -2.02. The Labute approximate surface area is 166 Å². The van der Waals surface area contributed by atoms with Gasteiger partial charge in [-0.05, 0) is 49.4 Å². The number of carbonyl (C=O) groups is 1. The number of sulfonamides is 1. The molecule has 2 aromatic carbocycles. The molecule has 2 rings (SSSR count). The van der Waals surface area contributed by atoms with Crippen LogP contribution in [-0.4, -0.2) is 45.4 Å². The third kappa shape index (κ3) is 4.82. The standard InChI is InChI=1S/C20H26N2O5S/c1-5-22(6-2)28(24,25)17-11-9-16(10-12-17)21-20(23)15-8-13-18(27-7-3)19(14-15)26-4/h8-14H,5-7H2,1-4H3,(H,21,23). The number of hydrogen-bond acceptors (Lipinski definition) is 5. The van der Waals surface area contributed by atoms with E-state index in [2.05, 4.69) is 5.32 Å². The number of methoxy groups -OCH3 is 1. The third-order valence-corrected chi connectivity index (χ3v) is 6.25. The van der Waals surface area contributed by atoms with Gasteiger partial charge in [0.1, 0.15) is 0 Å². The number of nitrogens with one attached hydrogen (secondary N) is 1. The number of ether oxygens (including phenoxy) is 2. The molecule has 0 atom stereocenters. The Balaban J connectivity index is 2.17. The summed E-state index contributed by atoms with van der Waals surface area (Å²) in [4.78, 5) is 12.7.